The van der Waals surface area contributed by atoms with Crippen molar-refractivity contribution in [3.63, 3.8) is 0 Å². The lowest BCUT2D eigenvalue weighted by Gasteiger charge is -2.13. The maximum Gasteiger partial charge on any atom is 0.271 e. The van der Waals surface area contributed by atoms with Crippen LogP contribution < -0.4 is 20.6 Å². The number of rotatable bonds is 7. The standard InChI is InChI=1S/C24H25N3O3/c1-16-4-5-17(2)20(12-16)15-30-22-11-6-18(13-23(22)29-3)14-26-27-24(28)19-7-9-21(25)10-8-19/h4-14H,15,25H2,1-3H3,(H,27,28)/b26-14-. The van der Waals surface area contributed by atoms with E-state index < -0.39 is 0 Å². The Morgan fingerprint density at radius 3 is 2.53 bits per heavy atom. The second-order valence-electron chi connectivity index (χ2n) is 6.95. The molecule has 3 aromatic rings. The summed E-state index contributed by atoms with van der Waals surface area (Å²) in [7, 11) is 1.59. The lowest BCUT2D eigenvalue weighted by atomic mass is 10.1. The van der Waals surface area contributed by atoms with Gasteiger partial charge in [0.05, 0.1) is 13.3 Å². The molecule has 0 spiro atoms. The number of carbonyl (C=O) groups is 1. The molecule has 0 radical (unpaired) electrons. The molecule has 0 saturated carbocycles. The number of nitrogens with two attached hydrogens (primary N) is 1. The molecule has 0 aliphatic rings. The number of carbonyl (C=O) groups excluding carboxylic acids is 1. The highest BCUT2D eigenvalue weighted by atomic mass is 16.5. The molecule has 0 atom stereocenters. The molecule has 0 bridgehead atoms. The predicted molar refractivity (Wildman–Crippen MR) is 119 cm³/mol. The molecule has 3 N–H and O–H groups in total. The van der Waals surface area contributed by atoms with Crippen molar-refractivity contribution < 1.29 is 14.3 Å². The molecule has 6 nitrogen and oxygen atoms in total. The van der Waals surface area contributed by atoms with Gasteiger partial charge in [-0.2, -0.15) is 5.10 Å². The smallest absolute Gasteiger partial charge is 0.271 e. The van der Waals surface area contributed by atoms with E-state index in [0.29, 0.717) is 29.4 Å². The number of methoxy groups -OCH3 is 1. The van der Waals surface area contributed by atoms with E-state index in [1.54, 1.807) is 43.7 Å². The van der Waals surface area contributed by atoms with Crippen molar-refractivity contribution in [2.45, 2.75) is 20.5 Å². The summed E-state index contributed by atoms with van der Waals surface area (Å²) in [5.74, 6) is 0.919. The first-order chi connectivity index (χ1) is 14.5. The number of nitrogens with one attached hydrogen (secondary N) is 1. The van der Waals surface area contributed by atoms with E-state index in [2.05, 4.69) is 42.6 Å². The summed E-state index contributed by atoms with van der Waals surface area (Å²) < 4.78 is 11.4. The maximum atomic E-state index is 12.1. The Morgan fingerprint density at radius 1 is 1.03 bits per heavy atom. The average molecular weight is 403 g/mol. The summed E-state index contributed by atoms with van der Waals surface area (Å²) in [6.45, 7) is 4.58. The summed E-state index contributed by atoms with van der Waals surface area (Å²) in [6.07, 6.45) is 1.55. The Bertz CT molecular complexity index is 1060. The van der Waals surface area contributed by atoms with Gasteiger partial charge in [0.25, 0.3) is 5.91 Å². The van der Waals surface area contributed by atoms with Crippen molar-refractivity contribution in [2.75, 3.05) is 12.8 Å². The number of ether oxygens (including phenoxy) is 2. The Kier molecular flexibility index (Phi) is 6.70. The molecule has 6 heteroatoms. The first kappa shape index (κ1) is 20.9. The SMILES string of the molecule is COc1cc(/C=N\NC(=O)c2ccc(N)cc2)ccc1OCc1cc(C)ccc1C. The topological polar surface area (TPSA) is 85.9 Å². The maximum absolute atomic E-state index is 12.1. The summed E-state index contributed by atoms with van der Waals surface area (Å²) in [4.78, 5) is 12.1. The summed E-state index contributed by atoms with van der Waals surface area (Å²) in [5, 5.41) is 4.01. The minimum absolute atomic E-state index is 0.313. The van der Waals surface area contributed by atoms with Crippen LogP contribution in [0, 0.1) is 13.8 Å². The number of benzene rings is 3. The summed E-state index contributed by atoms with van der Waals surface area (Å²) in [6, 6.07) is 18.4. The molecule has 0 aliphatic heterocycles. The van der Waals surface area contributed by atoms with Gasteiger partial charge in [-0.25, -0.2) is 5.43 Å². The van der Waals surface area contributed by atoms with Crippen molar-refractivity contribution in [2.24, 2.45) is 5.10 Å². The molecule has 30 heavy (non-hydrogen) atoms. The van der Waals surface area contributed by atoms with Gasteiger partial charge >= 0.3 is 0 Å². The fourth-order valence-corrected chi connectivity index (χ4v) is 2.86. The number of hydrogen-bond donors (Lipinski definition) is 2. The zero-order valence-electron chi connectivity index (χ0n) is 17.3. The monoisotopic (exact) mass is 403 g/mol. The molecule has 0 fully saturated rings. The van der Waals surface area contributed by atoms with Crippen molar-refractivity contribution >= 4 is 17.8 Å². The Labute approximate surface area is 176 Å². The molecule has 3 aromatic carbocycles. The summed E-state index contributed by atoms with van der Waals surface area (Å²) >= 11 is 0. The van der Waals surface area contributed by atoms with Gasteiger partial charge in [0, 0.05) is 11.3 Å². The molecule has 1 amide bonds. The fraction of sp³-hybridized carbons (Fsp3) is 0.167. The number of hydrogen-bond acceptors (Lipinski definition) is 5. The van der Waals surface area contributed by atoms with Crippen LogP contribution in [-0.4, -0.2) is 19.2 Å². The van der Waals surface area contributed by atoms with E-state index in [1.165, 1.54) is 11.1 Å². The van der Waals surface area contributed by atoms with Crippen molar-refractivity contribution in [3.05, 3.63) is 88.5 Å². The Morgan fingerprint density at radius 2 is 1.80 bits per heavy atom. The zero-order valence-corrected chi connectivity index (χ0v) is 17.3. The van der Waals surface area contributed by atoms with Crippen LogP contribution >= 0.6 is 0 Å². The second kappa shape index (κ2) is 9.60. The molecule has 0 heterocycles. The third kappa shape index (κ3) is 5.38. The molecule has 0 saturated heterocycles. The number of amides is 1. The van der Waals surface area contributed by atoms with E-state index in [0.717, 1.165) is 11.1 Å². The second-order valence-corrected chi connectivity index (χ2v) is 6.95. The van der Waals surface area contributed by atoms with E-state index in [-0.39, 0.29) is 5.91 Å². The lowest BCUT2D eigenvalue weighted by molar-refractivity contribution is 0.0955. The van der Waals surface area contributed by atoms with Crippen LogP contribution in [0.4, 0.5) is 5.69 Å². The van der Waals surface area contributed by atoms with Crippen LogP contribution in [0.5, 0.6) is 11.5 Å². The first-order valence-electron chi connectivity index (χ1n) is 9.52. The van der Waals surface area contributed by atoms with Crippen LogP contribution in [0.25, 0.3) is 0 Å². The largest absolute Gasteiger partial charge is 0.493 e. The van der Waals surface area contributed by atoms with Gasteiger partial charge in [-0.05, 0) is 73.0 Å². The van der Waals surface area contributed by atoms with Gasteiger partial charge in [0.15, 0.2) is 11.5 Å². The van der Waals surface area contributed by atoms with Crippen LogP contribution in [0.2, 0.25) is 0 Å². The van der Waals surface area contributed by atoms with E-state index in [1.807, 2.05) is 12.1 Å². The Hall–Kier alpha value is -3.80. The highest BCUT2D eigenvalue weighted by Crippen LogP contribution is 2.28. The number of nitrogens with zero attached hydrogens (tertiary/aromatic N) is 1. The molecular weight excluding hydrogens is 378 g/mol. The molecule has 154 valence electrons. The Balaban J connectivity index is 1.64. The minimum Gasteiger partial charge on any atom is -0.493 e. The molecule has 0 aromatic heterocycles. The predicted octanol–water partition coefficient (Wildman–Crippen LogP) is 4.24. The molecular formula is C24H25N3O3. The minimum atomic E-state index is -0.313. The third-order valence-electron chi connectivity index (χ3n) is 4.63. The van der Waals surface area contributed by atoms with Crippen LogP contribution in [0.15, 0.2) is 65.8 Å². The van der Waals surface area contributed by atoms with Crippen molar-refractivity contribution in [1.82, 2.24) is 5.43 Å². The lowest BCUT2D eigenvalue weighted by Crippen LogP contribution is -2.17. The van der Waals surface area contributed by atoms with Gasteiger partial charge in [-0.15, -0.1) is 0 Å². The number of aryl methyl sites for hydroxylation is 2. The van der Waals surface area contributed by atoms with E-state index in [4.69, 9.17) is 15.2 Å². The van der Waals surface area contributed by atoms with E-state index in [9.17, 15) is 4.79 Å². The molecule has 3 rings (SSSR count). The number of hydrazone groups is 1. The van der Waals surface area contributed by atoms with Gasteiger partial charge in [0.2, 0.25) is 0 Å². The highest BCUT2D eigenvalue weighted by molar-refractivity contribution is 5.95. The van der Waals surface area contributed by atoms with Crippen LogP contribution in [-0.2, 0) is 6.61 Å². The average Bonchev–Trinajstić information content (AvgIpc) is 2.75. The fourth-order valence-electron chi connectivity index (χ4n) is 2.86. The van der Waals surface area contributed by atoms with Crippen molar-refractivity contribution in [3.8, 4) is 11.5 Å². The van der Waals surface area contributed by atoms with Crippen LogP contribution in [0.3, 0.4) is 0 Å². The number of nitrogen functional groups attached to an aromatic ring is 1. The zero-order chi connectivity index (χ0) is 21.5. The highest BCUT2D eigenvalue weighted by Gasteiger charge is 2.08. The third-order valence-corrected chi connectivity index (χ3v) is 4.63. The quantitative estimate of drug-likeness (QED) is 0.351. The normalized spacial score (nSPS) is 10.8. The number of anilines is 1. The summed E-state index contributed by atoms with van der Waals surface area (Å²) in [5.41, 5.74) is 13.5. The molecule has 0 aliphatic carbocycles. The van der Waals surface area contributed by atoms with Gasteiger partial charge in [0.1, 0.15) is 6.61 Å². The molecule has 0 unspecified atom stereocenters. The van der Waals surface area contributed by atoms with Gasteiger partial charge in [-0.1, -0.05) is 23.8 Å². The van der Waals surface area contributed by atoms with Crippen LogP contribution in [0.1, 0.15) is 32.6 Å². The van der Waals surface area contributed by atoms with E-state index >= 15 is 0 Å². The van der Waals surface area contributed by atoms with Gasteiger partial charge < -0.3 is 15.2 Å². The van der Waals surface area contributed by atoms with Gasteiger partial charge in [-0.3, -0.25) is 4.79 Å². The van der Waals surface area contributed by atoms with Crippen molar-refractivity contribution in [1.29, 1.82) is 0 Å². The first-order valence-corrected chi connectivity index (χ1v) is 9.52.